The molecule has 4 atom stereocenters. The molecule has 2 aliphatic rings. The van der Waals surface area contributed by atoms with Gasteiger partial charge in [0.05, 0.1) is 18.2 Å². The van der Waals surface area contributed by atoms with Gasteiger partial charge in [-0.3, -0.25) is 9.69 Å². The number of carbonyl (C=O) groups excluding carboxylic acids is 1. The SMILES string of the molecule is CO[C@H]1O[C@H](CN2CCN(c3ccccc3)CC2)[C@H](O)C[C@H]1NC(C)=O. The maximum atomic E-state index is 11.3. The Morgan fingerprint density at radius 3 is 2.58 bits per heavy atom. The molecule has 7 nitrogen and oxygen atoms in total. The highest BCUT2D eigenvalue weighted by molar-refractivity contribution is 5.73. The largest absolute Gasteiger partial charge is 0.390 e. The molecular formula is C19H29N3O4. The third-order valence-electron chi connectivity index (χ3n) is 5.11. The molecule has 0 unspecified atom stereocenters. The molecule has 0 spiro atoms. The Kier molecular flexibility index (Phi) is 6.48. The van der Waals surface area contributed by atoms with Crippen molar-refractivity contribution in [1.82, 2.24) is 10.2 Å². The van der Waals surface area contributed by atoms with Gasteiger partial charge in [0, 0.05) is 58.9 Å². The lowest BCUT2D eigenvalue weighted by atomic mass is 9.99. The highest BCUT2D eigenvalue weighted by atomic mass is 16.7. The Labute approximate surface area is 154 Å². The van der Waals surface area contributed by atoms with Crippen molar-refractivity contribution in [3.05, 3.63) is 30.3 Å². The number of aliphatic hydroxyl groups is 1. The maximum Gasteiger partial charge on any atom is 0.217 e. The minimum atomic E-state index is -0.620. The van der Waals surface area contributed by atoms with Crippen molar-refractivity contribution in [1.29, 1.82) is 0 Å². The zero-order valence-electron chi connectivity index (χ0n) is 15.5. The fraction of sp³-hybridized carbons (Fsp3) is 0.632. The van der Waals surface area contributed by atoms with Gasteiger partial charge in [0.15, 0.2) is 6.29 Å². The number of benzene rings is 1. The van der Waals surface area contributed by atoms with Gasteiger partial charge in [-0.05, 0) is 12.1 Å². The van der Waals surface area contributed by atoms with Crippen LogP contribution in [-0.2, 0) is 14.3 Å². The van der Waals surface area contributed by atoms with Crippen LogP contribution in [0, 0.1) is 0 Å². The average molecular weight is 363 g/mol. The zero-order valence-corrected chi connectivity index (χ0v) is 15.5. The topological polar surface area (TPSA) is 74.3 Å². The third-order valence-corrected chi connectivity index (χ3v) is 5.11. The predicted octanol–water partition coefficient (Wildman–Crippen LogP) is 0.436. The third kappa shape index (κ3) is 4.73. The van der Waals surface area contributed by atoms with E-state index in [9.17, 15) is 9.90 Å². The maximum absolute atomic E-state index is 11.3. The first kappa shape index (κ1) is 19.1. The molecule has 2 aliphatic heterocycles. The van der Waals surface area contributed by atoms with E-state index in [2.05, 4.69) is 39.4 Å². The van der Waals surface area contributed by atoms with E-state index in [-0.39, 0.29) is 18.1 Å². The number of aliphatic hydroxyl groups excluding tert-OH is 1. The van der Waals surface area contributed by atoms with Crippen LogP contribution in [0.25, 0.3) is 0 Å². The quantitative estimate of drug-likeness (QED) is 0.791. The lowest BCUT2D eigenvalue weighted by Gasteiger charge is -2.42. The van der Waals surface area contributed by atoms with Gasteiger partial charge in [-0.25, -0.2) is 0 Å². The highest BCUT2D eigenvalue weighted by Crippen LogP contribution is 2.23. The minimum absolute atomic E-state index is 0.150. The van der Waals surface area contributed by atoms with Crippen LogP contribution in [0.3, 0.4) is 0 Å². The summed E-state index contributed by atoms with van der Waals surface area (Å²) < 4.78 is 11.3. The molecule has 144 valence electrons. The summed E-state index contributed by atoms with van der Waals surface area (Å²) in [6.45, 7) is 5.88. The normalized spacial score (nSPS) is 30.2. The van der Waals surface area contributed by atoms with Crippen LogP contribution in [0.4, 0.5) is 5.69 Å². The minimum Gasteiger partial charge on any atom is -0.390 e. The monoisotopic (exact) mass is 363 g/mol. The fourth-order valence-corrected chi connectivity index (χ4v) is 3.74. The molecular weight excluding hydrogens is 334 g/mol. The van der Waals surface area contributed by atoms with Gasteiger partial charge < -0.3 is 24.8 Å². The molecule has 1 amide bonds. The molecule has 0 aromatic heterocycles. The average Bonchev–Trinajstić information content (AvgIpc) is 2.65. The summed E-state index contributed by atoms with van der Waals surface area (Å²) in [5.74, 6) is -0.150. The standard InChI is InChI=1S/C19H29N3O4/c1-14(23)20-16-12-17(24)18(26-19(16)25-2)13-21-8-10-22(11-9-21)15-6-4-3-5-7-15/h3-7,16-19,24H,8-13H2,1-2H3,(H,20,23)/t16-,17-,18-,19+/m1/s1. The molecule has 2 N–H and O–H groups in total. The first-order valence-electron chi connectivity index (χ1n) is 9.22. The number of para-hydroxylation sites is 1. The molecule has 0 saturated carbocycles. The van der Waals surface area contributed by atoms with Gasteiger partial charge in [0.25, 0.3) is 0 Å². The second-order valence-corrected chi connectivity index (χ2v) is 7.01. The molecule has 1 aromatic rings. The van der Waals surface area contributed by atoms with Crippen molar-refractivity contribution in [3.8, 4) is 0 Å². The summed E-state index contributed by atoms with van der Waals surface area (Å²) in [7, 11) is 1.56. The van der Waals surface area contributed by atoms with Crippen molar-refractivity contribution in [2.45, 2.75) is 37.9 Å². The van der Waals surface area contributed by atoms with E-state index in [4.69, 9.17) is 9.47 Å². The van der Waals surface area contributed by atoms with Crippen LogP contribution in [0.2, 0.25) is 0 Å². The number of methoxy groups -OCH3 is 1. The number of nitrogens with zero attached hydrogens (tertiary/aromatic N) is 2. The van der Waals surface area contributed by atoms with Crippen LogP contribution >= 0.6 is 0 Å². The Morgan fingerprint density at radius 2 is 1.96 bits per heavy atom. The summed E-state index contributed by atoms with van der Waals surface area (Å²) in [5.41, 5.74) is 1.25. The number of piperazine rings is 1. The second-order valence-electron chi connectivity index (χ2n) is 7.01. The molecule has 0 aliphatic carbocycles. The molecule has 7 heteroatoms. The number of hydrogen-bond donors (Lipinski definition) is 2. The Bertz CT molecular complexity index is 577. The Hall–Kier alpha value is -1.67. The van der Waals surface area contributed by atoms with Crippen LogP contribution in [0.1, 0.15) is 13.3 Å². The molecule has 2 fully saturated rings. The van der Waals surface area contributed by atoms with Crippen molar-refractivity contribution in [2.24, 2.45) is 0 Å². The van der Waals surface area contributed by atoms with E-state index in [1.807, 2.05) is 6.07 Å². The van der Waals surface area contributed by atoms with Crippen LogP contribution in [0.5, 0.6) is 0 Å². The molecule has 1 aromatic carbocycles. The number of rotatable bonds is 5. The zero-order chi connectivity index (χ0) is 18.5. The number of nitrogens with one attached hydrogen (secondary N) is 1. The summed E-state index contributed by atoms with van der Waals surface area (Å²) in [6, 6.07) is 10.1. The number of carbonyl (C=O) groups is 1. The van der Waals surface area contributed by atoms with Crippen molar-refractivity contribution < 1.29 is 19.4 Å². The molecule has 2 heterocycles. The van der Waals surface area contributed by atoms with Crippen molar-refractivity contribution >= 4 is 11.6 Å². The number of ether oxygens (including phenoxy) is 2. The lowest BCUT2D eigenvalue weighted by molar-refractivity contribution is -0.228. The van der Waals surface area contributed by atoms with Gasteiger partial charge in [0.2, 0.25) is 5.91 Å². The van der Waals surface area contributed by atoms with Crippen LogP contribution in [0.15, 0.2) is 30.3 Å². The molecule has 3 rings (SSSR count). The first-order chi connectivity index (χ1) is 12.6. The van der Waals surface area contributed by atoms with Crippen LogP contribution < -0.4 is 10.2 Å². The molecule has 2 saturated heterocycles. The number of hydrogen-bond acceptors (Lipinski definition) is 6. The van der Waals surface area contributed by atoms with Gasteiger partial charge in [0.1, 0.15) is 0 Å². The summed E-state index contributed by atoms with van der Waals surface area (Å²) in [6.07, 6.45) is -1.02. The van der Waals surface area contributed by atoms with Crippen molar-refractivity contribution in [2.75, 3.05) is 44.7 Å². The van der Waals surface area contributed by atoms with Gasteiger partial charge in [-0.15, -0.1) is 0 Å². The van der Waals surface area contributed by atoms with Gasteiger partial charge in [-0.2, -0.15) is 0 Å². The van der Waals surface area contributed by atoms with Crippen molar-refractivity contribution in [3.63, 3.8) is 0 Å². The first-order valence-corrected chi connectivity index (χ1v) is 9.22. The van der Waals surface area contributed by atoms with E-state index in [0.717, 1.165) is 26.2 Å². The van der Waals surface area contributed by atoms with Gasteiger partial charge >= 0.3 is 0 Å². The Morgan fingerprint density at radius 1 is 1.27 bits per heavy atom. The fourth-order valence-electron chi connectivity index (χ4n) is 3.74. The Balaban J connectivity index is 1.51. The lowest BCUT2D eigenvalue weighted by Crippen LogP contribution is -2.58. The summed E-state index contributed by atoms with van der Waals surface area (Å²) in [5, 5.41) is 13.2. The number of anilines is 1. The highest BCUT2D eigenvalue weighted by Gasteiger charge is 2.38. The predicted molar refractivity (Wildman–Crippen MR) is 99.0 cm³/mol. The summed E-state index contributed by atoms with van der Waals surface area (Å²) in [4.78, 5) is 16.0. The van der Waals surface area contributed by atoms with E-state index in [0.29, 0.717) is 13.0 Å². The van der Waals surface area contributed by atoms with E-state index in [1.165, 1.54) is 12.6 Å². The smallest absolute Gasteiger partial charge is 0.217 e. The van der Waals surface area contributed by atoms with Crippen LogP contribution in [-0.4, -0.2) is 80.3 Å². The summed E-state index contributed by atoms with van der Waals surface area (Å²) >= 11 is 0. The number of amides is 1. The van der Waals surface area contributed by atoms with Gasteiger partial charge in [-0.1, -0.05) is 18.2 Å². The molecule has 0 bridgehead atoms. The second kappa shape index (κ2) is 8.81. The van der Waals surface area contributed by atoms with E-state index >= 15 is 0 Å². The molecule has 0 radical (unpaired) electrons. The van der Waals surface area contributed by atoms with E-state index in [1.54, 1.807) is 7.11 Å². The van der Waals surface area contributed by atoms with E-state index < -0.39 is 12.4 Å². The molecule has 26 heavy (non-hydrogen) atoms.